The number of aliphatic imine (C=N–C) groups is 5. The smallest absolute Gasteiger partial charge is 0.174 e. The first-order valence-corrected chi connectivity index (χ1v) is 33.0. The van der Waals surface area contributed by atoms with Crippen molar-refractivity contribution in [2.45, 2.75) is 134 Å². The van der Waals surface area contributed by atoms with Gasteiger partial charge in [0.2, 0.25) is 0 Å². The standard InChI is InChI=1S/2C12H17ClFN3O3.C12H18FN3O3S.C11H15BrFN3O3.C11H15ClFN3O4/c1-6-3-17(7(2)16-10(6)15)11-8(14)9(19)12(4-13,5-18)20-11;1-7-16-8(15-2)3-4-17(7)11-9(14)10(19)12(5-13,6-18)20-11;1-7-15-8(14)2-4-16(7)11-9(13)10(18)12(6-17,19-11)3-5-20;1-6-15-7(14)2-3-16(6)10-8(13)9(18)11(4-12,5-17)19-10;1-6-14-7(15-19)2-3-16(6)10-8(13)9(18)11(4-12,5-17)20-10/h3,8-9,11,18-19H,2,4-5H2,1H3,(H2,15,16);3-4,9-11,18-19H,1,5-6H2,2H3,(H,15,16);2,4,9-11,17-18,20H,1,3,5-6H2,(H2,14,15);2-3,8-10,17-18H,1,4-5H2,(H2,14,15);2-3,8-10,17-19H,1,4-5H2,(H,14,15)/t8-,9+,11-,12-;2*9-,10+,11-,12-;2*8-,9+,10-,11-/m11111/s1. The summed E-state index contributed by atoms with van der Waals surface area (Å²) in [4.78, 5) is 26.3. The molecule has 0 saturated carbocycles. The van der Waals surface area contributed by atoms with Crippen molar-refractivity contribution in [2.75, 3.05) is 68.8 Å². The van der Waals surface area contributed by atoms with Crippen LogP contribution in [0.4, 0.5) is 22.0 Å². The van der Waals surface area contributed by atoms with Gasteiger partial charge in [0.05, 0.1) is 50.7 Å². The number of halogens is 9. The summed E-state index contributed by atoms with van der Waals surface area (Å²) in [5.41, 5.74) is 11.7. The molecule has 0 amide bonds. The quantitative estimate of drug-likeness (QED) is 0.0391. The van der Waals surface area contributed by atoms with Crippen LogP contribution in [0.15, 0.2) is 148 Å². The van der Waals surface area contributed by atoms with Crippen molar-refractivity contribution in [3.05, 3.63) is 123 Å². The predicted molar refractivity (Wildman–Crippen MR) is 361 cm³/mol. The highest BCUT2D eigenvalue weighted by Gasteiger charge is 2.61. The van der Waals surface area contributed by atoms with E-state index in [1.54, 1.807) is 26.2 Å². The van der Waals surface area contributed by atoms with Gasteiger partial charge in [-0.25, -0.2) is 41.9 Å². The van der Waals surface area contributed by atoms with Gasteiger partial charge in [-0.1, -0.05) is 48.8 Å². The maximum atomic E-state index is 14.3. The van der Waals surface area contributed by atoms with Gasteiger partial charge >= 0.3 is 0 Å². The Morgan fingerprint density at radius 3 is 1.21 bits per heavy atom. The van der Waals surface area contributed by atoms with Gasteiger partial charge in [0, 0.05) is 49.0 Å². The average molecular weight is 1560 g/mol. The number of nitrogens with two attached hydrogens (primary N) is 3. The van der Waals surface area contributed by atoms with E-state index in [-0.39, 0.29) is 76.0 Å². The number of hydrogen-bond acceptors (Lipinski definition) is 31. The Kier molecular flexibility index (Phi) is 28.8. The van der Waals surface area contributed by atoms with Crippen molar-refractivity contribution in [1.82, 2.24) is 35.3 Å². The second-order valence-electron chi connectivity index (χ2n) is 23.2. The Morgan fingerprint density at radius 2 is 0.889 bits per heavy atom. The van der Waals surface area contributed by atoms with Gasteiger partial charge < -0.3 is 122 Å². The van der Waals surface area contributed by atoms with Crippen molar-refractivity contribution in [1.29, 1.82) is 0 Å². The van der Waals surface area contributed by atoms with Crippen molar-refractivity contribution < 1.29 is 102 Å². The van der Waals surface area contributed by atoms with Gasteiger partial charge in [0.25, 0.3) is 0 Å². The molecule has 41 heteroatoms. The van der Waals surface area contributed by atoms with E-state index in [1.165, 1.54) is 67.5 Å². The van der Waals surface area contributed by atoms with Crippen LogP contribution < -0.4 is 28.0 Å². The minimum atomic E-state index is -1.80. The van der Waals surface area contributed by atoms with E-state index in [1.807, 2.05) is 5.48 Å². The van der Waals surface area contributed by atoms with Crippen LogP contribution in [0.2, 0.25) is 0 Å². The average Bonchev–Trinajstić information content (AvgIpc) is 1.66. The third kappa shape index (κ3) is 16.8. The molecule has 0 radical (unpaired) electrons. The molecule has 0 aromatic heterocycles. The van der Waals surface area contributed by atoms with Crippen molar-refractivity contribution in [3.8, 4) is 0 Å². The third-order valence-electron chi connectivity index (χ3n) is 17.0. The highest BCUT2D eigenvalue weighted by Crippen LogP contribution is 2.43. The number of hydrogen-bond donors (Lipinski definition) is 17. The number of rotatable bonds is 16. The Morgan fingerprint density at radius 1 is 0.556 bits per heavy atom. The maximum absolute atomic E-state index is 14.3. The third-order valence-corrected chi connectivity index (χ3v) is 19.5. The molecule has 0 aromatic rings. The number of aliphatic hydroxyl groups excluding tert-OH is 10. The van der Waals surface area contributed by atoms with Gasteiger partial charge in [-0.3, -0.25) is 15.7 Å². The summed E-state index contributed by atoms with van der Waals surface area (Å²) >= 11 is 24.2. The molecule has 0 bridgehead atoms. The molecule has 20 atom stereocenters. The molecule has 0 spiro atoms. The minimum Gasteiger partial charge on any atom is -0.393 e. The van der Waals surface area contributed by atoms with Crippen LogP contribution in [0.25, 0.3) is 0 Å². The first-order valence-electron chi connectivity index (χ1n) is 29.7. The van der Waals surface area contributed by atoms with Gasteiger partial charge in [-0.15, -0.1) is 34.8 Å². The highest BCUT2D eigenvalue weighted by atomic mass is 79.9. The number of nitrogens with zero attached hydrogens (tertiary/aromatic N) is 10. The molecular formula is C58H82BrCl3F5N15O16S. The summed E-state index contributed by atoms with van der Waals surface area (Å²) in [6, 6.07) is 0. The van der Waals surface area contributed by atoms with Crippen LogP contribution in [-0.2, 0) is 23.7 Å². The van der Waals surface area contributed by atoms with Crippen LogP contribution in [-0.4, -0.2) is 299 Å². The Balaban J connectivity index is 0.000000195. The summed E-state index contributed by atoms with van der Waals surface area (Å²) in [6.07, 6.45) is -8.37. The zero-order valence-corrected chi connectivity index (χ0v) is 57.9. The number of nitrogens with one attached hydrogen (secondary N) is 2. The highest BCUT2D eigenvalue weighted by molar-refractivity contribution is 9.09. The first-order chi connectivity index (χ1) is 46.7. The summed E-state index contributed by atoms with van der Waals surface area (Å²) in [7, 11) is 1.60. The molecule has 0 unspecified atom stereocenters. The number of amidine groups is 5. The topological polar surface area (TPSA) is 449 Å². The van der Waals surface area contributed by atoms with Gasteiger partial charge in [-0.05, 0) is 43.4 Å². The van der Waals surface area contributed by atoms with Gasteiger partial charge in [0.15, 0.2) is 67.8 Å². The number of alkyl halides is 9. The molecule has 19 N–H and O–H groups in total. The largest absolute Gasteiger partial charge is 0.393 e. The van der Waals surface area contributed by atoms with E-state index in [0.29, 0.717) is 23.0 Å². The SMILES string of the molecule is C=C1N=C(N)C(C)=CN1[C@@H]1O[C@@](CO)(CCl)[C@@H](O)[C@H]1F.C=C1N=C(N)C=CN1[C@@H]1O[C@@](CO)(CBr)[C@@H](O)[C@H]1F.C=C1N=C(N)C=CN1[C@@H]1O[C@@](CO)(CCS)[C@@H](O)[C@H]1F.C=C1N=C(NO)C=CN1[C@@H]1O[C@@](CO)(CCl)[C@@H](O)[C@H]1F.C=C1NC(=NC)C=CN1[C@@H]1O[C@@](CO)(CCl)[C@@H](O)[C@H]1F. The van der Waals surface area contributed by atoms with Crippen LogP contribution >= 0.6 is 63.4 Å². The molecule has 5 fully saturated rings. The zero-order valence-electron chi connectivity index (χ0n) is 53.2. The number of aliphatic hydroxyl groups is 10. The van der Waals surface area contributed by atoms with E-state index >= 15 is 0 Å². The molecule has 10 aliphatic heterocycles. The molecule has 31 nitrogen and oxygen atoms in total. The summed E-state index contributed by atoms with van der Waals surface area (Å²) in [5.74, 6) is 2.19. The molecule has 10 aliphatic rings. The van der Waals surface area contributed by atoms with Crippen molar-refractivity contribution in [3.63, 3.8) is 0 Å². The van der Waals surface area contributed by atoms with Gasteiger partial charge in [0.1, 0.15) is 111 Å². The zero-order chi connectivity index (χ0) is 74.0. The molecule has 10 heterocycles. The predicted octanol–water partition coefficient (Wildman–Crippen LogP) is -0.745. The van der Waals surface area contributed by atoms with E-state index in [4.69, 9.17) is 80.9 Å². The number of hydroxylamine groups is 1. The number of ether oxygens (including phenoxy) is 5. The van der Waals surface area contributed by atoms with Crippen LogP contribution in [0.5, 0.6) is 0 Å². The Hall–Kier alpha value is -5.54. The minimum absolute atomic E-state index is 0.101. The van der Waals surface area contributed by atoms with E-state index in [2.05, 4.69) is 91.7 Å². The summed E-state index contributed by atoms with van der Waals surface area (Å²) in [6.45, 7) is 17.3. The molecule has 99 heavy (non-hydrogen) atoms. The van der Waals surface area contributed by atoms with Crippen molar-refractivity contribution in [2.24, 2.45) is 42.2 Å². The van der Waals surface area contributed by atoms with Crippen LogP contribution in [0.3, 0.4) is 0 Å². The van der Waals surface area contributed by atoms with E-state index in [9.17, 15) is 73.0 Å². The van der Waals surface area contributed by atoms with Crippen LogP contribution in [0, 0.1) is 0 Å². The fourth-order valence-corrected chi connectivity index (χ4v) is 12.8. The summed E-state index contributed by atoms with van der Waals surface area (Å²) in [5, 5.41) is 108. The fourth-order valence-electron chi connectivity index (χ4n) is 10.8. The molecular weight excluding hydrogens is 1480 g/mol. The van der Waals surface area contributed by atoms with E-state index in [0.717, 1.165) is 0 Å². The number of thiol groups is 1. The summed E-state index contributed by atoms with van der Waals surface area (Å²) < 4.78 is 98.8. The maximum Gasteiger partial charge on any atom is 0.174 e. The molecule has 5 saturated heterocycles. The lowest BCUT2D eigenvalue weighted by molar-refractivity contribution is -0.135. The lowest BCUT2D eigenvalue weighted by Gasteiger charge is -2.34. The lowest BCUT2D eigenvalue weighted by Crippen LogP contribution is -2.47. The molecule has 554 valence electrons. The lowest BCUT2D eigenvalue weighted by atomic mass is 9.94. The van der Waals surface area contributed by atoms with Crippen molar-refractivity contribution >= 4 is 92.5 Å². The molecule has 0 aromatic carbocycles. The molecule has 10 rings (SSSR count). The monoisotopic (exact) mass is 1560 g/mol. The second kappa shape index (κ2) is 34.6. The first kappa shape index (κ1) is 82.4. The second-order valence-corrected chi connectivity index (χ2v) is 25.1. The Labute approximate surface area is 594 Å². The molecule has 0 aliphatic carbocycles. The van der Waals surface area contributed by atoms with E-state index < -0.39 is 154 Å². The Bertz CT molecular complexity index is 3240. The van der Waals surface area contributed by atoms with Crippen LogP contribution in [0.1, 0.15) is 13.3 Å². The van der Waals surface area contributed by atoms with Gasteiger partial charge in [-0.2, -0.15) is 12.6 Å². The normalized spacial score (nSPS) is 38.2. The fraction of sp³-hybridized carbons (Fsp3) is 0.569.